The van der Waals surface area contributed by atoms with Gasteiger partial charge in [-0.2, -0.15) is 12.6 Å². The average molecular weight is 286 g/mol. The standard InChI is InChI=1S/2C2ClO2.Rh/c2*3-2(5)1-4;/q2*-1;+2. The molecule has 7 heteroatoms. The maximum absolute atomic E-state index is 9.15. The summed E-state index contributed by atoms with van der Waals surface area (Å²) in [5, 5.41) is -2.16. The van der Waals surface area contributed by atoms with Gasteiger partial charge in [0, 0.05) is 0 Å². The number of carbonyl (C=O) groups is 2. The smallest absolute Gasteiger partial charge is 0.533 e. The molecule has 0 atom stereocenters. The van der Waals surface area contributed by atoms with Gasteiger partial charge in [0.2, 0.25) is 0 Å². The van der Waals surface area contributed by atoms with Gasteiger partial charge < -0.3 is 19.2 Å². The fourth-order valence-electron chi connectivity index (χ4n) is 0. The number of hydrogen-bond acceptors (Lipinski definition) is 4. The topological polar surface area (TPSA) is 68.3 Å². The Morgan fingerprint density at radius 1 is 0.909 bits per heavy atom. The van der Waals surface area contributed by atoms with E-state index in [1.54, 1.807) is 0 Å². The van der Waals surface area contributed by atoms with E-state index in [1.807, 2.05) is 0 Å². The number of halogens is 2. The molecule has 0 saturated carbocycles. The third kappa shape index (κ3) is 40.7. The Morgan fingerprint density at radius 2 is 1.00 bits per heavy atom. The Labute approximate surface area is 85.0 Å². The molecule has 0 aromatic heterocycles. The van der Waals surface area contributed by atoms with Gasteiger partial charge in [0.25, 0.3) is 0 Å². The van der Waals surface area contributed by atoms with Crippen molar-refractivity contribution in [3.8, 4) is 0 Å². The van der Waals surface area contributed by atoms with Crippen LogP contribution in [0.2, 0.25) is 0 Å². The summed E-state index contributed by atoms with van der Waals surface area (Å²) in [5.74, 6) is 0. The molecular formula is C4Cl2O4Rh. The monoisotopic (exact) mass is 285 g/mol. The van der Waals surface area contributed by atoms with Crippen LogP contribution in [-0.4, -0.2) is 23.1 Å². The van der Waals surface area contributed by atoms with E-state index in [2.05, 4.69) is 23.2 Å². The first-order chi connectivity index (χ1) is 4.54. The van der Waals surface area contributed by atoms with Crippen LogP contribution in [0.15, 0.2) is 0 Å². The van der Waals surface area contributed by atoms with Gasteiger partial charge in [-0.15, -0.1) is 0 Å². The van der Waals surface area contributed by atoms with Crippen LogP contribution in [0, 0.1) is 0 Å². The van der Waals surface area contributed by atoms with Gasteiger partial charge in [0.05, 0.1) is 0 Å². The van der Waals surface area contributed by atoms with Gasteiger partial charge in [-0.1, -0.05) is 23.2 Å². The predicted octanol–water partition coefficient (Wildman–Crippen LogP) is -0.280. The summed E-state index contributed by atoms with van der Waals surface area (Å²) in [7, 11) is 0. The summed E-state index contributed by atoms with van der Waals surface area (Å²) in [5.41, 5.74) is 0. The largest absolute Gasteiger partial charge is 2.00 e. The van der Waals surface area contributed by atoms with E-state index in [1.165, 1.54) is 0 Å². The molecule has 11 heavy (non-hydrogen) atoms. The van der Waals surface area contributed by atoms with E-state index < -0.39 is 10.5 Å². The summed E-state index contributed by atoms with van der Waals surface area (Å²) in [4.78, 5) is 36.1. The summed E-state index contributed by atoms with van der Waals surface area (Å²) in [6.45, 7) is 0. The predicted molar refractivity (Wildman–Crippen MR) is 33.1 cm³/mol. The molecule has 0 heterocycles. The Hall–Kier alpha value is -0.117. The first-order valence-corrected chi connectivity index (χ1v) is 2.45. The van der Waals surface area contributed by atoms with Crippen molar-refractivity contribution in [3.63, 3.8) is 0 Å². The van der Waals surface area contributed by atoms with E-state index in [4.69, 9.17) is 19.2 Å². The molecule has 1 radical (unpaired) electrons. The summed E-state index contributed by atoms with van der Waals surface area (Å²) in [6, 6.07) is 0. The van der Waals surface area contributed by atoms with Gasteiger partial charge >= 0.3 is 19.5 Å². The first kappa shape index (κ1) is 17.1. The molecule has 0 unspecified atom stereocenters. The van der Waals surface area contributed by atoms with Gasteiger partial charge in [0.15, 0.2) is 0 Å². The molecule has 0 rings (SSSR count). The van der Waals surface area contributed by atoms with E-state index in [9.17, 15) is 0 Å². The maximum atomic E-state index is 9.15. The number of hydrogen-bond donors (Lipinski definition) is 0. The molecule has 0 spiro atoms. The Bertz CT molecular complexity index is 140. The van der Waals surface area contributed by atoms with E-state index >= 15 is 0 Å². The molecule has 0 fully saturated rings. The Morgan fingerprint density at radius 3 is 1.00 bits per heavy atom. The summed E-state index contributed by atoms with van der Waals surface area (Å²) >= 11 is 8.80. The second-order valence-electron chi connectivity index (χ2n) is 0.752. The quantitative estimate of drug-likeness (QED) is 0.303. The molecule has 0 aliphatic carbocycles. The van der Waals surface area contributed by atoms with Crippen molar-refractivity contribution in [2.75, 3.05) is 0 Å². The second-order valence-corrected chi connectivity index (χ2v) is 1.44. The van der Waals surface area contributed by atoms with E-state index in [-0.39, 0.29) is 19.5 Å². The zero-order valence-electron chi connectivity index (χ0n) is 4.72. The Balaban J connectivity index is -0.000000107. The molecule has 4 nitrogen and oxygen atoms in total. The van der Waals surface area contributed by atoms with Gasteiger partial charge in [-0.3, -0.25) is 0 Å². The zero-order valence-corrected chi connectivity index (χ0v) is 7.87. The molecule has 0 aromatic rings. The molecule has 0 bridgehead atoms. The van der Waals surface area contributed by atoms with Crippen LogP contribution in [-0.2, 0) is 38.7 Å². The van der Waals surface area contributed by atoms with Crippen molar-refractivity contribution < 1.29 is 38.7 Å². The van der Waals surface area contributed by atoms with Crippen molar-refractivity contribution in [1.82, 2.24) is 0 Å². The fourth-order valence-corrected chi connectivity index (χ4v) is 0. The molecule has 0 aliphatic rings. The van der Waals surface area contributed by atoms with Crippen LogP contribution in [0.3, 0.4) is 0 Å². The molecule has 0 amide bonds. The SMILES string of the molecule is O=[C-]C(=O)Cl.O=[C-]C(=O)Cl.[Rh+2]. The second kappa shape index (κ2) is 12.5. The van der Waals surface area contributed by atoms with E-state index in [0.717, 1.165) is 12.6 Å². The van der Waals surface area contributed by atoms with Crippen LogP contribution in [0.1, 0.15) is 0 Å². The minimum atomic E-state index is -1.08. The van der Waals surface area contributed by atoms with Gasteiger partial charge in [-0.05, 0) is 0 Å². The minimum Gasteiger partial charge on any atom is -0.533 e. The fraction of sp³-hybridized carbons (Fsp3) is 0. The molecule has 63 valence electrons. The van der Waals surface area contributed by atoms with Crippen molar-refractivity contribution in [1.29, 1.82) is 0 Å². The average Bonchev–Trinajstić information content (AvgIpc) is 1.89. The van der Waals surface area contributed by atoms with Crippen LogP contribution in [0.5, 0.6) is 0 Å². The number of rotatable bonds is 2. The van der Waals surface area contributed by atoms with Crippen molar-refractivity contribution >= 4 is 46.3 Å². The van der Waals surface area contributed by atoms with Crippen LogP contribution >= 0.6 is 23.2 Å². The van der Waals surface area contributed by atoms with Crippen LogP contribution in [0.4, 0.5) is 0 Å². The van der Waals surface area contributed by atoms with Crippen molar-refractivity contribution in [2.45, 2.75) is 0 Å². The molecule has 0 N–H and O–H groups in total. The van der Waals surface area contributed by atoms with Gasteiger partial charge in [0.1, 0.15) is 10.5 Å². The molecular weight excluding hydrogens is 286 g/mol. The number of carbonyl (C=O) groups excluding carboxylic acids is 4. The summed E-state index contributed by atoms with van der Waals surface area (Å²) in [6.07, 6.45) is 1.81. The molecule has 0 saturated heterocycles. The van der Waals surface area contributed by atoms with E-state index in [0.29, 0.717) is 0 Å². The third-order valence-electron chi connectivity index (χ3n) is 0.160. The zero-order chi connectivity index (χ0) is 8.57. The van der Waals surface area contributed by atoms with Crippen molar-refractivity contribution in [2.24, 2.45) is 0 Å². The third-order valence-corrected chi connectivity index (χ3v) is 0.315. The Kier molecular flexibility index (Phi) is 19.5. The molecule has 0 aliphatic heterocycles. The first-order valence-electron chi connectivity index (χ1n) is 1.69. The van der Waals surface area contributed by atoms with Crippen molar-refractivity contribution in [3.05, 3.63) is 0 Å². The summed E-state index contributed by atoms with van der Waals surface area (Å²) < 4.78 is 0. The maximum Gasteiger partial charge on any atom is 2.00 e. The minimum absolute atomic E-state index is 0. The van der Waals surface area contributed by atoms with Gasteiger partial charge in [-0.25, -0.2) is 0 Å². The molecule has 0 aromatic carbocycles. The van der Waals surface area contributed by atoms with Crippen LogP contribution in [0.25, 0.3) is 0 Å². The normalized spacial score (nSPS) is 6.00. The van der Waals surface area contributed by atoms with Crippen LogP contribution < -0.4 is 0 Å².